The lowest BCUT2D eigenvalue weighted by atomic mass is 9.96. The van der Waals surface area contributed by atoms with Gasteiger partial charge in [-0.2, -0.15) is 0 Å². The molecular weight excluding hydrogens is 372 g/mol. The molecule has 0 amide bonds. The van der Waals surface area contributed by atoms with Crippen LogP contribution in [0.15, 0.2) is 59.4 Å². The Hall–Kier alpha value is -2.72. The highest BCUT2D eigenvalue weighted by Crippen LogP contribution is 2.27. The lowest BCUT2D eigenvalue weighted by Gasteiger charge is -2.24. The Morgan fingerprint density at radius 2 is 1.70 bits per heavy atom. The van der Waals surface area contributed by atoms with Crippen molar-refractivity contribution in [1.29, 1.82) is 0 Å². The van der Waals surface area contributed by atoms with Crippen LogP contribution < -0.4 is 5.56 Å². The molecule has 0 N–H and O–H groups in total. The summed E-state index contributed by atoms with van der Waals surface area (Å²) in [5.74, 6) is 0.845. The summed E-state index contributed by atoms with van der Waals surface area (Å²) in [5, 5.41) is 0. The van der Waals surface area contributed by atoms with E-state index in [0.29, 0.717) is 6.42 Å². The standard InChI is InChI=1S/C26H30N2O2/c1-3-9-24-27-25(21-15-13-20(14-16-21)19-10-5-4-6-11-19)23(26(29)28(24)2)18-22-12-7-8-17-30-22/h4-6,10-11,13-16,22H,3,7-9,12,17-18H2,1-2H3. The first kappa shape index (κ1) is 20.5. The smallest absolute Gasteiger partial charge is 0.257 e. The lowest BCUT2D eigenvalue weighted by molar-refractivity contribution is 0.0166. The number of hydrogen-bond acceptors (Lipinski definition) is 3. The van der Waals surface area contributed by atoms with Crippen molar-refractivity contribution in [3.63, 3.8) is 0 Å². The van der Waals surface area contributed by atoms with E-state index in [1.165, 1.54) is 5.56 Å². The topological polar surface area (TPSA) is 44.1 Å². The average molecular weight is 403 g/mol. The fraction of sp³-hybridized carbons (Fsp3) is 0.385. The third kappa shape index (κ3) is 4.39. The minimum atomic E-state index is 0.0600. The second kappa shape index (κ2) is 9.40. The first-order valence-corrected chi connectivity index (χ1v) is 11.0. The van der Waals surface area contributed by atoms with E-state index in [9.17, 15) is 4.79 Å². The van der Waals surface area contributed by atoms with Crippen molar-refractivity contribution < 1.29 is 4.74 Å². The van der Waals surface area contributed by atoms with E-state index in [4.69, 9.17) is 9.72 Å². The SMILES string of the molecule is CCCc1nc(-c2ccc(-c3ccccc3)cc2)c(CC2CCCCO2)c(=O)n1C. The van der Waals surface area contributed by atoms with Gasteiger partial charge in [0.25, 0.3) is 5.56 Å². The van der Waals surface area contributed by atoms with E-state index in [2.05, 4.69) is 43.3 Å². The fourth-order valence-corrected chi connectivity index (χ4v) is 4.21. The second-order valence-electron chi connectivity index (χ2n) is 8.11. The van der Waals surface area contributed by atoms with Gasteiger partial charge in [0.15, 0.2) is 0 Å². The molecule has 1 aliphatic rings. The van der Waals surface area contributed by atoms with E-state index in [1.807, 2.05) is 25.2 Å². The Bertz CT molecular complexity index is 1030. The molecule has 1 aliphatic heterocycles. The quantitative estimate of drug-likeness (QED) is 0.571. The molecule has 4 rings (SSSR count). The fourth-order valence-electron chi connectivity index (χ4n) is 4.21. The van der Waals surface area contributed by atoms with Gasteiger partial charge in [0.2, 0.25) is 0 Å². The van der Waals surface area contributed by atoms with Crippen LogP contribution in [0, 0.1) is 0 Å². The maximum atomic E-state index is 13.3. The maximum absolute atomic E-state index is 13.3. The number of benzene rings is 2. The highest BCUT2D eigenvalue weighted by molar-refractivity contribution is 5.70. The van der Waals surface area contributed by atoms with Gasteiger partial charge in [-0.25, -0.2) is 4.98 Å². The van der Waals surface area contributed by atoms with Gasteiger partial charge < -0.3 is 4.74 Å². The molecule has 0 saturated carbocycles. The average Bonchev–Trinajstić information content (AvgIpc) is 2.80. The maximum Gasteiger partial charge on any atom is 0.257 e. The van der Waals surface area contributed by atoms with E-state index in [-0.39, 0.29) is 11.7 Å². The van der Waals surface area contributed by atoms with Gasteiger partial charge >= 0.3 is 0 Å². The van der Waals surface area contributed by atoms with Crippen molar-refractivity contribution in [2.24, 2.45) is 7.05 Å². The molecule has 156 valence electrons. The molecule has 0 radical (unpaired) electrons. The Kier molecular flexibility index (Phi) is 6.44. The van der Waals surface area contributed by atoms with Crippen LogP contribution in [0.25, 0.3) is 22.4 Å². The summed E-state index contributed by atoms with van der Waals surface area (Å²) in [5.41, 5.74) is 4.99. The summed E-state index contributed by atoms with van der Waals surface area (Å²) in [7, 11) is 1.84. The zero-order chi connectivity index (χ0) is 20.9. The molecule has 0 aliphatic carbocycles. The molecule has 2 aromatic carbocycles. The van der Waals surface area contributed by atoms with Crippen LogP contribution in [0.2, 0.25) is 0 Å². The molecule has 3 aromatic rings. The largest absolute Gasteiger partial charge is 0.378 e. The van der Waals surface area contributed by atoms with E-state index >= 15 is 0 Å². The number of ether oxygens (including phenoxy) is 1. The van der Waals surface area contributed by atoms with E-state index in [1.54, 1.807) is 4.57 Å². The predicted molar refractivity (Wildman–Crippen MR) is 122 cm³/mol. The van der Waals surface area contributed by atoms with Crippen molar-refractivity contribution >= 4 is 0 Å². The van der Waals surface area contributed by atoms with Crippen molar-refractivity contribution in [2.45, 2.75) is 51.6 Å². The Balaban J connectivity index is 1.75. The van der Waals surface area contributed by atoms with Crippen LogP contribution in [0.5, 0.6) is 0 Å². The summed E-state index contributed by atoms with van der Waals surface area (Å²) >= 11 is 0. The molecular formula is C26H30N2O2. The van der Waals surface area contributed by atoms with Crippen molar-refractivity contribution in [1.82, 2.24) is 9.55 Å². The predicted octanol–water partition coefficient (Wildman–Crippen LogP) is 5.18. The van der Waals surface area contributed by atoms with Crippen LogP contribution in [0.3, 0.4) is 0 Å². The van der Waals surface area contributed by atoms with Crippen LogP contribution in [0.4, 0.5) is 0 Å². The zero-order valence-electron chi connectivity index (χ0n) is 17.9. The zero-order valence-corrected chi connectivity index (χ0v) is 17.9. The molecule has 1 fully saturated rings. The molecule has 2 heterocycles. The number of hydrogen-bond donors (Lipinski definition) is 0. The minimum Gasteiger partial charge on any atom is -0.378 e. The number of rotatable bonds is 6. The van der Waals surface area contributed by atoms with Crippen molar-refractivity contribution in [2.75, 3.05) is 6.61 Å². The summed E-state index contributed by atoms with van der Waals surface area (Å²) in [6, 6.07) is 18.7. The molecule has 4 heteroatoms. The monoisotopic (exact) mass is 402 g/mol. The number of nitrogens with zero attached hydrogens (tertiary/aromatic N) is 2. The van der Waals surface area contributed by atoms with Gasteiger partial charge in [-0.1, -0.05) is 61.5 Å². The first-order chi connectivity index (χ1) is 14.7. The van der Waals surface area contributed by atoms with Crippen LogP contribution in [-0.4, -0.2) is 22.3 Å². The van der Waals surface area contributed by atoms with Gasteiger partial charge in [-0.05, 0) is 36.8 Å². The Morgan fingerprint density at radius 3 is 2.37 bits per heavy atom. The summed E-state index contributed by atoms with van der Waals surface area (Å²) in [6.07, 6.45) is 5.75. The summed E-state index contributed by atoms with van der Waals surface area (Å²) < 4.78 is 7.67. The molecule has 1 saturated heterocycles. The number of aromatic nitrogens is 2. The van der Waals surface area contributed by atoms with Gasteiger partial charge in [0, 0.05) is 37.6 Å². The normalized spacial score (nSPS) is 16.5. The minimum absolute atomic E-state index is 0.0600. The van der Waals surface area contributed by atoms with Crippen LogP contribution >= 0.6 is 0 Å². The molecule has 30 heavy (non-hydrogen) atoms. The molecule has 0 spiro atoms. The van der Waals surface area contributed by atoms with Crippen LogP contribution in [0.1, 0.15) is 44.0 Å². The summed E-state index contributed by atoms with van der Waals surface area (Å²) in [6.45, 7) is 2.90. The first-order valence-electron chi connectivity index (χ1n) is 11.0. The Labute approximate surface area is 178 Å². The van der Waals surface area contributed by atoms with Crippen LogP contribution in [-0.2, 0) is 24.6 Å². The third-order valence-electron chi connectivity index (χ3n) is 5.92. The summed E-state index contributed by atoms with van der Waals surface area (Å²) in [4.78, 5) is 18.3. The molecule has 1 unspecified atom stereocenters. The highest BCUT2D eigenvalue weighted by Gasteiger charge is 2.22. The van der Waals surface area contributed by atoms with E-state index < -0.39 is 0 Å². The molecule has 1 aromatic heterocycles. The number of aryl methyl sites for hydroxylation is 1. The second-order valence-corrected chi connectivity index (χ2v) is 8.11. The molecule has 4 nitrogen and oxygen atoms in total. The highest BCUT2D eigenvalue weighted by atomic mass is 16.5. The lowest BCUT2D eigenvalue weighted by Crippen LogP contribution is -2.31. The van der Waals surface area contributed by atoms with Crippen molar-refractivity contribution in [3.8, 4) is 22.4 Å². The third-order valence-corrected chi connectivity index (χ3v) is 5.92. The van der Waals surface area contributed by atoms with Gasteiger partial charge in [0.05, 0.1) is 11.8 Å². The molecule has 1 atom stereocenters. The van der Waals surface area contributed by atoms with Gasteiger partial charge in [-0.15, -0.1) is 0 Å². The van der Waals surface area contributed by atoms with Crippen molar-refractivity contribution in [3.05, 3.63) is 76.3 Å². The van der Waals surface area contributed by atoms with E-state index in [0.717, 1.165) is 66.9 Å². The van der Waals surface area contributed by atoms with Gasteiger partial charge in [0.1, 0.15) is 5.82 Å². The Morgan fingerprint density at radius 1 is 1.00 bits per heavy atom. The molecule has 0 bridgehead atoms. The van der Waals surface area contributed by atoms with Gasteiger partial charge in [-0.3, -0.25) is 9.36 Å².